The third-order valence-corrected chi connectivity index (χ3v) is 4.37. The van der Waals surface area contributed by atoms with Gasteiger partial charge < -0.3 is 10.4 Å². The van der Waals surface area contributed by atoms with Crippen LogP contribution in [0.4, 0.5) is 5.69 Å². The van der Waals surface area contributed by atoms with E-state index in [1.54, 1.807) is 18.2 Å². The van der Waals surface area contributed by atoms with E-state index in [2.05, 4.69) is 5.32 Å². The number of anilines is 1. The second-order valence-electron chi connectivity index (χ2n) is 5.15. The predicted molar refractivity (Wildman–Crippen MR) is 87.6 cm³/mol. The van der Waals surface area contributed by atoms with E-state index in [0.29, 0.717) is 5.69 Å². The van der Waals surface area contributed by atoms with Gasteiger partial charge in [-0.05, 0) is 41.1 Å². The summed E-state index contributed by atoms with van der Waals surface area (Å²) in [6.45, 7) is 0. The molecule has 0 atom stereocenters. The summed E-state index contributed by atoms with van der Waals surface area (Å²) >= 11 is 0. The van der Waals surface area contributed by atoms with Crippen molar-refractivity contribution in [2.24, 2.45) is 0 Å². The molecule has 0 aliphatic rings. The van der Waals surface area contributed by atoms with Crippen LogP contribution < -0.4 is 40.0 Å². The Kier molecular flexibility index (Phi) is 5.87. The van der Waals surface area contributed by atoms with Crippen LogP contribution in [-0.4, -0.2) is 18.9 Å². The summed E-state index contributed by atoms with van der Waals surface area (Å²) in [6, 6.07) is 15.1. The molecule has 2 N–H and O–H groups in total. The molecule has 25 heavy (non-hydrogen) atoms. The molecule has 8 heteroatoms. The Labute approximate surface area is 166 Å². The smallest absolute Gasteiger partial charge is 0.872 e. The van der Waals surface area contributed by atoms with E-state index in [0.717, 1.165) is 22.9 Å². The van der Waals surface area contributed by atoms with Gasteiger partial charge in [0.05, 0.1) is 4.90 Å². The molecule has 0 fully saturated rings. The fraction of sp³-hybridized carbons (Fsp3) is 0. The van der Waals surface area contributed by atoms with Crippen LogP contribution >= 0.6 is 0 Å². The average Bonchev–Trinajstić information content (AvgIpc) is 2.53. The van der Waals surface area contributed by atoms with Crippen molar-refractivity contribution in [2.45, 2.75) is 4.90 Å². The van der Waals surface area contributed by atoms with Crippen LogP contribution in [0.1, 0.15) is 10.4 Å². The minimum absolute atomic E-state index is 0. The van der Waals surface area contributed by atoms with Crippen molar-refractivity contribution in [3.8, 4) is 5.75 Å². The van der Waals surface area contributed by atoms with Gasteiger partial charge in [0.25, 0.3) is 16.0 Å². The van der Waals surface area contributed by atoms with E-state index in [1.165, 1.54) is 24.3 Å². The maximum Gasteiger partial charge on any atom is 1.00 e. The molecule has 0 radical (unpaired) electrons. The second kappa shape index (κ2) is 7.55. The van der Waals surface area contributed by atoms with Gasteiger partial charge in [0.2, 0.25) is 0 Å². The number of carbonyl (C=O) groups excluding carboxylic acids is 1. The number of benzene rings is 3. The van der Waals surface area contributed by atoms with E-state index in [9.17, 15) is 18.3 Å². The molecule has 3 aromatic rings. The predicted octanol–water partition coefficient (Wildman–Crippen LogP) is -0.584. The maximum absolute atomic E-state index is 12.3. The van der Waals surface area contributed by atoms with Crippen molar-refractivity contribution < 1.29 is 52.4 Å². The van der Waals surface area contributed by atoms with Gasteiger partial charge in [-0.2, -0.15) is 8.42 Å². The van der Waals surface area contributed by atoms with Crippen molar-refractivity contribution >= 4 is 32.5 Å². The van der Waals surface area contributed by atoms with Crippen molar-refractivity contribution in [3.05, 3.63) is 66.2 Å². The first kappa shape index (κ1) is 19.4. The summed E-state index contributed by atoms with van der Waals surface area (Å²) in [5.41, 5.74) is 0.299. The average molecular weight is 365 g/mol. The molecule has 0 aromatic heterocycles. The van der Waals surface area contributed by atoms with Gasteiger partial charge in [0, 0.05) is 11.3 Å². The third kappa shape index (κ3) is 4.39. The SMILES string of the molecule is O=C(Nc1ccc(S(=O)(=O)O)cc1)c1cc2ccccc2cc1[O-].[Na+]. The molecular formula is C17H12NNaO5S. The van der Waals surface area contributed by atoms with Crippen LogP contribution in [0, 0.1) is 0 Å². The zero-order valence-corrected chi connectivity index (χ0v) is 16.1. The number of hydrogen-bond donors (Lipinski definition) is 2. The van der Waals surface area contributed by atoms with Gasteiger partial charge in [-0.15, -0.1) is 0 Å². The third-order valence-electron chi connectivity index (χ3n) is 3.50. The molecule has 6 nitrogen and oxygen atoms in total. The molecule has 0 unspecified atom stereocenters. The Morgan fingerprint density at radius 2 is 1.52 bits per heavy atom. The monoisotopic (exact) mass is 365 g/mol. The first-order valence-corrected chi connectivity index (χ1v) is 8.37. The fourth-order valence-corrected chi connectivity index (χ4v) is 2.79. The van der Waals surface area contributed by atoms with Gasteiger partial charge in [-0.25, -0.2) is 0 Å². The number of rotatable bonds is 3. The zero-order valence-electron chi connectivity index (χ0n) is 13.3. The van der Waals surface area contributed by atoms with Gasteiger partial charge in [-0.1, -0.05) is 36.1 Å². The summed E-state index contributed by atoms with van der Waals surface area (Å²) in [6.07, 6.45) is 0. The largest absolute Gasteiger partial charge is 1.00 e. The molecule has 0 heterocycles. The molecule has 0 spiro atoms. The Balaban J connectivity index is 0.00000225. The summed E-state index contributed by atoms with van der Waals surface area (Å²) in [5, 5.41) is 16.1. The number of carbonyl (C=O) groups is 1. The van der Waals surface area contributed by atoms with Crippen LogP contribution in [0.5, 0.6) is 5.75 Å². The van der Waals surface area contributed by atoms with Crippen molar-refractivity contribution in [3.63, 3.8) is 0 Å². The van der Waals surface area contributed by atoms with Crippen molar-refractivity contribution in [2.75, 3.05) is 5.32 Å². The summed E-state index contributed by atoms with van der Waals surface area (Å²) in [5.74, 6) is -0.994. The number of nitrogens with one attached hydrogen (secondary N) is 1. The van der Waals surface area contributed by atoms with Crippen LogP contribution in [0.2, 0.25) is 0 Å². The van der Waals surface area contributed by atoms with E-state index in [4.69, 9.17) is 4.55 Å². The molecule has 0 saturated carbocycles. The summed E-state index contributed by atoms with van der Waals surface area (Å²) < 4.78 is 30.9. The summed E-state index contributed by atoms with van der Waals surface area (Å²) in [7, 11) is -4.29. The number of fused-ring (bicyclic) bond motifs is 1. The topological polar surface area (TPSA) is 107 Å². The normalized spacial score (nSPS) is 10.9. The molecule has 0 aliphatic carbocycles. The molecule has 1 amide bonds. The molecular weight excluding hydrogens is 353 g/mol. The molecule has 0 bridgehead atoms. The van der Waals surface area contributed by atoms with Gasteiger partial charge in [-0.3, -0.25) is 9.35 Å². The van der Waals surface area contributed by atoms with Crippen LogP contribution in [0.15, 0.2) is 65.6 Å². The molecule has 0 aliphatic heterocycles. The Morgan fingerprint density at radius 3 is 2.08 bits per heavy atom. The Bertz CT molecular complexity index is 1030. The van der Waals surface area contributed by atoms with Crippen molar-refractivity contribution in [1.29, 1.82) is 0 Å². The number of amides is 1. The fourth-order valence-electron chi connectivity index (χ4n) is 2.31. The van der Waals surface area contributed by atoms with E-state index >= 15 is 0 Å². The van der Waals surface area contributed by atoms with Gasteiger partial charge in [0.1, 0.15) is 0 Å². The second-order valence-corrected chi connectivity index (χ2v) is 6.57. The maximum atomic E-state index is 12.3. The first-order chi connectivity index (χ1) is 11.3. The number of hydrogen-bond acceptors (Lipinski definition) is 4. The van der Waals surface area contributed by atoms with Crippen LogP contribution in [0.25, 0.3) is 10.8 Å². The quantitative estimate of drug-likeness (QED) is 0.477. The van der Waals surface area contributed by atoms with Gasteiger partial charge in [0.15, 0.2) is 0 Å². The molecule has 122 valence electrons. The van der Waals surface area contributed by atoms with Crippen molar-refractivity contribution in [1.82, 2.24) is 0 Å². The molecule has 3 aromatic carbocycles. The molecule has 0 saturated heterocycles. The molecule has 3 rings (SSSR count). The van der Waals surface area contributed by atoms with E-state index in [-0.39, 0.29) is 40.0 Å². The van der Waals surface area contributed by atoms with E-state index < -0.39 is 21.8 Å². The van der Waals surface area contributed by atoms with Crippen LogP contribution in [0.3, 0.4) is 0 Å². The Hall–Kier alpha value is -1.90. The van der Waals surface area contributed by atoms with Gasteiger partial charge >= 0.3 is 29.6 Å². The zero-order chi connectivity index (χ0) is 17.3. The Morgan fingerprint density at radius 1 is 0.960 bits per heavy atom. The first-order valence-electron chi connectivity index (χ1n) is 6.93. The van der Waals surface area contributed by atoms with E-state index in [1.807, 2.05) is 6.07 Å². The van der Waals surface area contributed by atoms with Crippen LogP contribution in [-0.2, 0) is 10.1 Å². The minimum atomic E-state index is -4.29. The summed E-state index contributed by atoms with van der Waals surface area (Å²) in [4.78, 5) is 12.0. The minimum Gasteiger partial charge on any atom is -0.872 e. The standard InChI is InChI=1S/C17H13NO5S.Na/c19-16-10-12-4-2-1-3-11(12)9-15(16)17(20)18-13-5-7-14(8-6-13)24(21,22)23;/h1-10,19H,(H,18,20)(H,21,22,23);/q;+1/p-1.